The van der Waals surface area contributed by atoms with Crippen LogP contribution in [0, 0.1) is 0 Å². The van der Waals surface area contributed by atoms with Crippen LogP contribution in [-0.4, -0.2) is 0 Å². The number of hydrogen-bond acceptors (Lipinski definition) is 2. The zero-order chi connectivity index (χ0) is 12.3. The molecule has 0 aliphatic rings. The second-order valence-corrected chi connectivity index (χ2v) is 4.97. The zero-order valence-electron chi connectivity index (χ0n) is 10.9. The maximum absolute atomic E-state index is 5.80. The van der Waals surface area contributed by atoms with Gasteiger partial charge in [0.05, 0.1) is 0 Å². The summed E-state index contributed by atoms with van der Waals surface area (Å²) in [6, 6.07) is 4.48. The van der Waals surface area contributed by atoms with Crippen molar-refractivity contribution in [3.63, 3.8) is 0 Å². The van der Waals surface area contributed by atoms with E-state index in [1.54, 1.807) is 0 Å². The van der Waals surface area contributed by atoms with Crippen LogP contribution in [0.25, 0.3) is 0 Å². The Labute approximate surface area is 99.0 Å². The molecule has 1 aromatic rings. The number of rotatable bonds is 4. The van der Waals surface area contributed by atoms with Gasteiger partial charge in [0.1, 0.15) is 0 Å². The van der Waals surface area contributed by atoms with Gasteiger partial charge < -0.3 is 11.5 Å². The first-order chi connectivity index (χ1) is 7.51. The average molecular weight is 220 g/mol. The maximum Gasteiger partial charge on any atom is 0.0181 e. The summed E-state index contributed by atoms with van der Waals surface area (Å²) in [5, 5.41) is 0. The van der Waals surface area contributed by atoms with E-state index in [9.17, 15) is 0 Å². The monoisotopic (exact) mass is 220 g/mol. The molecule has 0 aliphatic carbocycles. The van der Waals surface area contributed by atoms with E-state index in [0.29, 0.717) is 24.9 Å². The molecule has 2 heteroatoms. The summed E-state index contributed by atoms with van der Waals surface area (Å²) in [5.74, 6) is 1.03. The van der Waals surface area contributed by atoms with Gasteiger partial charge >= 0.3 is 0 Å². The number of benzene rings is 1. The van der Waals surface area contributed by atoms with Crippen LogP contribution in [0.3, 0.4) is 0 Å². The van der Waals surface area contributed by atoms with Crippen molar-refractivity contribution in [1.82, 2.24) is 0 Å². The smallest absolute Gasteiger partial charge is 0.0181 e. The van der Waals surface area contributed by atoms with Gasteiger partial charge in [-0.05, 0) is 34.1 Å². The van der Waals surface area contributed by atoms with E-state index in [4.69, 9.17) is 11.5 Å². The molecule has 0 saturated heterocycles. The molecule has 1 aromatic carbocycles. The van der Waals surface area contributed by atoms with E-state index in [-0.39, 0.29) is 0 Å². The highest BCUT2D eigenvalue weighted by atomic mass is 14.5. The Bertz CT molecular complexity index is 323. The fraction of sp³-hybridized carbons (Fsp3) is 0.571. The molecule has 0 aromatic heterocycles. The molecule has 2 nitrogen and oxygen atoms in total. The third-order valence-corrected chi connectivity index (χ3v) is 3.08. The minimum atomic E-state index is 0.517. The molecule has 0 radical (unpaired) electrons. The predicted molar refractivity (Wildman–Crippen MR) is 70.4 cm³/mol. The van der Waals surface area contributed by atoms with E-state index in [2.05, 4.69) is 39.8 Å². The van der Waals surface area contributed by atoms with Crippen LogP contribution in [0.5, 0.6) is 0 Å². The lowest BCUT2D eigenvalue weighted by Crippen LogP contribution is -2.10. The number of nitrogens with two attached hydrogens (primary N) is 2. The summed E-state index contributed by atoms with van der Waals surface area (Å²) in [4.78, 5) is 0. The molecule has 4 N–H and O–H groups in total. The van der Waals surface area contributed by atoms with E-state index in [0.717, 1.165) is 0 Å². The van der Waals surface area contributed by atoms with Crippen LogP contribution in [-0.2, 0) is 13.1 Å². The molecule has 0 aliphatic heterocycles. The van der Waals surface area contributed by atoms with Crippen molar-refractivity contribution in [2.24, 2.45) is 11.5 Å². The molecule has 0 amide bonds. The molecule has 0 unspecified atom stereocenters. The molecule has 1 rings (SSSR count). The predicted octanol–water partition coefficient (Wildman–Crippen LogP) is 2.85. The standard InChI is InChI=1S/C14H24N2/c1-9(2)13-6-14(10(3)4)12(8-16)5-11(13)7-15/h5-6,9-10H,7-8,15-16H2,1-4H3. The van der Waals surface area contributed by atoms with Crippen LogP contribution in [0.2, 0.25) is 0 Å². The highest BCUT2D eigenvalue weighted by Gasteiger charge is 2.12. The van der Waals surface area contributed by atoms with Crippen LogP contribution < -0.4 is 11.5 Å². The fourth-order valence-corrected chi connectivity index (χ4v) is 2.16. The lowest BCUT2D eigenvalue weighted by atomic mass is 9.88. The highest BCUT2D eigenvalue weighted by molar-refractivity contribution is 5.41. The van der Waals surface area contributed by atoms with Crippen molar-refractivity contribution in [1.29, 1.82) is 0 Å². The Hall–Kier alpha value is -0.860. The van der Waals surface area contributed by atoms with E-state index in [1.165, 1.54) is 22.3 Å². The van der Waals surface area contributed by atoms with E-state index in [1.807, 2.05) is 0 Å². The second-order valence-electron chi connectivity index (χ2n) is 4.97. The maximum atomic E-state index is 5.80. The van der Waals surface area contributed by atoms with Crippen LogP contribution in [0.1, 0.15) is 61.8 Å². The van der Waals surface area contributed by atoms with Crippen LogP contribution in [0.4, 0.5) is 0 Å². The van der Waals surface area contributed by atoms with Gasteiger partial charge in [0.15, 0.2) is 0 Å². The van der Waals surface area contributed by atoms with Gasteiger partial charge in [0.2, 0.25) is 0 Å². The fourth-order valence-electron chi connectivity index (χ4n) is 2.16. The minimum absolute atomic E-state index is 0.517. The van der Waals surface area contributed by atoms with Gasteiger partial charge in [0, 0.05) is 13.1 Å². The van der Waals surface area contributed by atoms with Gasteiger partial charge in [0.25, 0.3) is 0 Å². The Balaban J connectivity index is 3.35. The third-order valence-electron chi connectivity index (χ3n) is 3.08. The first-order valence-corrected chi connectivity index (χ1v) is 6.07. The van der Waals surface area contributed by atoms with Crippen molar-refractivity contribution in [3.8, 4) is 0 Å². The minimum Gasteiger partial charge on any atom is -0.326 e. The van der Waals surface area contributed by atoms with Gasteiger partial charge in [-0.2, -0.15) is 0 Å². The molecular formula is C14H24N2. The molecule has 16 heavy (non-hydrogen) atoms. The van der Waals surface area contributed by atoms with Gasteiger partial charge in [-0.3, -0.25) is 0 Å². The number of hydrogen-bond donors (Lipinski definition) is 2. The van der Waals surface area contributed by atoms with E-state index < -0.39 is 0 Å². The summed E-state index contributed by atoms with van der Waals surface area (Å²) >= 11 is 0. The molecule has 0 saturated carbocycles. The lowest BCUT2D eigenvalue weighted by molar-refractivity contribution is 0.798. The summed E-state index contributed by atoms with van der Waals surface area (Å²) in [7, 11) is 0. The lowest BCUT2D eigenvalue weighted by Gasteiger charge is -2.19. The molecule has 0 fully saturated rings. The summed E-state index contributed by atoms with van der Waals surface area (Å²) < 4.78 is 0. The molecule has 90 valence electrons. The van der Waals surface area contributed by atoms with Crippen molar-refractivity contribution in [2.75, 3.05) is 0 Å². The molecule has 0 bridgehead atoms. The Morgan fingerprint density at radius 3 is 1.44 bits per heavy atom. The first kappa shape index (κ1) is 13.2. The SMILES string of the molecule is CC(C)c1cc(C(C)C)c(CN)cc1CN. The summed E-state index contributed by atoms with van der Waals surface area (Å²) in [6.45, 7) is 10.0. The molecule has 0 spiro atoms. The van der Waals surface area contributed by atoms with Crippen LogP contribution >= 0.6 is 0 Å². The Morgan fingerprint density at radius 2 is 1.19 bits per heavy atom. The van der Waals surface area contributed by atoms with Gasteiger partial charge in [-0.25, -0.2) is 0 Å². The average Bonchev–Trinajstić information content (AvgIpc) is 2.26. The highest BCUT2D eigenvalue weighted by Crippen LogP contribution is 2.28. The van der Waals surface area contributed by atoms with Crippen LogP contribution in [0.15, 0.2) is 12.1 Å². The summed E-state index contributed by atoms with van der Waals surface area (Å²) in [5.41, 5.74) is 16.8. The molecule has 0 heterocycles. The largest absolute Gasteiger partial charge is 0.326 e. The van der Waals surface area contributed by atoms with Gasteiger partial charge in [-0.15, -0.1) is 0 Å². The van der Waals surface area contributed by atoms with Crippen molar-refractivity contribution in [2.45, 2.75) is 52.6 Å². The van der Waals surface area contributed by atoms with Crippen molar-refractivity contribution < 1.29 is 0 Å². The van der Waals surface area contributed by atoms with E-state index >= 15 is 0 Å². The topological polar surface area (TPSA) is 52.0 Å². The second kappa shape index (κ2) is 5.46. The normalized spacial score (nSPS) is 11.5. The molecular weight excluding hydrogens is 196 g/mol. The summed E-state index contributed by atoms with van der Waals surface area (Å²) in [6.07, 6.45) is 0. The zero-order valence-corrected chi connectivity index (χ0v) is 10.9. The first-order valence-electron chi connectivity index (χ1n) is 6.07. The van der Waals surface area contributed by atoms with Crippen molar-refractivity contribution in [3.05, 3.63) is 34.4 Å². The molecule has 0 atom stereocenters. The Kier molecular flexibility index (Phi) is 4.51. The van der Waals surface area contributed by atoms with Crippen molar-refractivity contribution >= 4 is 0 Å². The Morgan fingerprint density at radius 1 is 0.812 bits per heavy atom. The third kappa shape index (κ3) is 2.63. The quantitative estimate of drug-likeness (QED) is 0.819. The van der Waals surface area contributed by atoms with Gasteiger partial charge in [-0.1, -0.05) is 39.8 Å².